The Bertz CT molecular complexity index is 455. The summed E-state index contributed by atoms with van der Waals surface area (Å²) in [6.07, 6.45) is 4.47. The van der Waals surface area contributed by atoms with E-state index in [1.165, 1.54) is 0 Å². The largest absolute Gasteiger partial charge is 0.444 e. The van der Waals surface area contributed by atoms with Crippen molar-refractivity contribution in [1.82, 2.24) is 0 Å². The number of carbonyl (C=O) groups excluding carboxylic acids is 2. The molecule has 0 rings (SSSR count). The van der Waals surface area contributed by atoms with E-state index in [1.54, 1.807) is 0 Å². The molecule has 0 radical (unpaired) electrons. The Hall–Kier alpha value is -1.79. The van der Waals surface area contributed by atoms with Crippen LogP contribution in [-0.2, 0) is 29.5 Å². The molecule has 0 aromatic rings. The first-order chi connectivity index (χ1) is 11.4. The minimum atomic E-state index is -4.67. The molecule has 0 heterocycles. The Morgan fingerprint density at radius 2 is 1.20 bits per heavy atom. The van der Waals surface area contributed by atoms with Crippen molar-refractivity contribution >= 4 is 22.3 Å². The molecule has 0 aliphatic rings. The van der Waals surface area contributed by atoms with Gasteiger partial charge in [0.25, 0.3) is 0 Å². The van der Waals surface area contributed by atoms with Crippen LogP contribution in [0.25, 0.3) is 0 Å². The third kappa shape index (κ3) is 34.5. The minimum Gasteiger partial charge on any atom is -0.444 e. The molecule has 0 bridgehead atoms. The van der Waals surface area contributed by atoms with Gasteiger partial charge in [0.05, 0.1) is 0 Å². The number of rotatable bonds is 8. The second-order valence-electron chi connectivity index (χ2n) is 4.38. The van der Waals surface area contributed by atoms with E-state index >= 15 is 0 Å². The van der Waals surface area contributed by atoms with Crippen LogP contribution in [0, 0.1) is 0 Å². The number of esters is 2. The second kappa shape index (κ2) is 17.0. The van der Waals surface area contributed by atoms with Crippen molar-refractivity contribution in [2.24, 2.45) is 11.5 Å². The zero-order valence-electron chi connectivity index (χ0n) is 14.5. The normalized spacial score (nSPS) is 12.1. The van der Waals surface area contributed by atoms with Gasteiger partial charge in [-0.2, -0.15) is 8.42 Å². The smallest absolute Gasteiger partial charge is 0.394 e. The second-order valence-corrected chi connectivity index (χ2v) is 5.28. The molecule has 2 unspecified atom stereocenters. The molecule has 11 heteroatoms. The summed E-state index contributed by atoms with van der Waals surface area (Å²) < 4.78 is 40.9. The van der Waals surface area contributed by atoms with Gasteiger partial charge in [0.2, 0.25) is 0 Å². The van der Waals surface area contributed by atoms with Gasteiger partial charge in [-0.3, -0.25) is 20.6 Å². The van der Waals surface area contributed by atoms with Gasteiger partial charge in [-0.25, -0.2) is 9.59 Å². The molecule has 0 amide bonds. The third-order valence-electron chi connectivity index (χ3n) is 2.01. The van der Waals surface area contributed by atoms with E-state index in [-0.39, 0.29) is 0 Å². The van der Waals surface area contributed by atoms with Crippen LogP contribution in [0.3, 0.4) is 0 Å². The maximum Gasteiger partial charge on any atom is 0.394 e. The maximum atomic E-state index is 10.5. The molecule has 25 heavy (non-hydrogen) atoms. The Kier molecular flexibility index (Phi) is 19.1. The van der Waals surface area contributed by atoms with E-state index in [0.717, 1.165) is 25.0 Å². The summed E-state index contributed by atoms with van der Waals surface area (Å²) in [6.45, 7) is 10.4. The molecule has 0 aliphatic heterocycles. The molecule has 148 valence electrons. The average molecular weight is 384 g/mol. The Morgan fingerprint density at radius 1 is 0.960 bits per heavy atom. The first-order valence-electron chi connectivity index (χ1n) is 7.28. The maximum absolute atomic E-state index is 10.5. The highest BCUT2D eigenvalue weighted by Gasteiger charge is 2.04. The van der Waals surface area contributed by atoms with Crippen molar-refractivity contribution in [2.75, 3.05) is 0 Å². The molecule has 2 atom stereocenters. The average Bonchev–Trinajstić information content (AvgIpc) is 2.46. The van der Waals surface area contributed by atoms with Crippen molar-refractivity contribution in [3.05, 3.63) is 25.3 Å². The number of ether oxygens (including phenoxy) is 2. The fraction of sp³-hybridized carbons (Fsp3) is 0.571. The monoisotopic (exact) mass is 384 g/mol. The van der Waals surface area contributed by atoms with Gasteiger partial charge >= 0.3 is 22.3 Å². The molecule has 0 saturated heterocycles. The summed E-state index contributed by atoms with van der Waals surface area (Å²) in [6, 6.07) is 0. The van der Waals surface area contributed by atoms with E-state index in [4.69, 9.17) is 29.0 Å². The van der Waals surface area contributed by atoms with Crippen LogP contribution in [0.2, 0.25) is 0 Å². The molecule has 0 aromatic heterocycles. The lowest BCUT2D eigenvalue weighted by atomic mass is 10.3. The van der Waals surface area contributed by atoms with E-state index in [1.807, 2.05) is 13.8 Å². The highest BCUT2D eigenvalue weighted by Crippen LogP contribution is 1.95. The number of hydrogen-bond donors (Lipinski definition) is 4. The van der Waals surface area contributed by atoms with Gasteiger partial charge in [-0.1, -0.05) is 39.8 Å². The topological polar surface area (TPSA) is 179 Å². The van der Waals surface area contributed by atoms with Gasteiger partial charge < -0.3 is 9.47 Å². The number of hydrogen-bond acceptors (Lipinski definition) is 8. The van der Waals surface area contributed by atoms with Crippen LogP contribution in [0.4, 0.5) is 0 Å². The first-order valence-corrected chi connectivity index (χ1v) is 8.67. The Labute approximate surface area is 148 Å². The fourth-order valence-corrected chi connectivity index (χ4v) is 1.08. The highest BCUT2D eigenvalue weighted by atomic mass is 32.3. The zero-order chi connectivity index (χ0) is 20.5. The van der Waals surface area contributed by atoms with Crippen LogP contribution >= 0.6 is 0 Å². The quantitative estimate of drug-likeness (QED) is 0.204. The van der Waals surface area contributed by atoms with Gasteiger partial charge in [0, 0.05) is 12.2 Å². The molecule has 6 N–H and O–H groups in total. The van der Waals surface area contributed by atoms with Crippen molar-refractivity contribution in [1.29, 1.82) is 0 Å². The lowest BCUT2D eigenvalue weighted by molar-refractivity contribution is -0.144. The predicted octanol–water partition coefficient (Wildman–Crippen LogP) is 0.948. The molecule has 0 spiro atoms. The van der Waals surface area contributed by atoms with Crippen LogP contribution < -0.4 is 11.5 Å². The summed E-state index contributed by atoms with van der Waals surface area (Å²) in [5.74, 6) is -0.915. The Morgan fingerprint density at radius 3 is 1.36 bits per heavy atom. The molecular formula is C14H28N2O8S. The van der Waals surface area contributed by atoms with Crippen molar-refractivity contribution in [3.8, 4) is 0 Å². The minimum absolute atomic E-state index is 0.457. The van der Waals surface area contributed by atoms with Gasteiger partial charge in [0.1, 0.15) is 0 Å². The predicted molar refractivity (Wildman–Crippen MR) is 92.5 cm³/mol. The summed E-state index contributed by atoms with van der Waals surface area (Å²) >= 11 is 0. The molecule has 0 aromatic carbocycles. The van der Waals surface area contributed by atoms with Crippen LogP contribution in [0.5, 0.6) is 0 Å². The summed E-state index contributed by atoms with van der Waals surface area (Å²) in [7, 11) is -4.67. The highest BCUT2D eigenvalue weighted by molar-refractivity contribution is 7.79. The van der Waals surface area contributed by atoms with Crippen LogP contribution in [0.15, 0.2) is 25.3 Å². The van der Waals surface area contributed by atoms with Gasteiger partial charge in [0.15, 0.2) is 12.5 Å². The summed E-state index contributed by atoms with van der Waals surface area (Å²) in [5, 5.41) is 0. The van der Waals surface area contributed by atoms with Crippen molar-refractivity contribution < 1.29 is 36.6 Å². The number of nitrogens with two attached hydrogens (primary N) is 2. The molecule has 10 nitrogen and oxygen atoms in total. The van der Waals surface area contributed by atoms with Crippen LogP contribution in [0.1, 0.15) is 39.5 Å². The van der Waals surface area contributed by atoms with E-state index in [0.29, 0.717) is 12.8 Å². The first kappa shape index (κ1) is 28.0. The molecule has 0 fully saturated rings. The van der Waals surface area contributed by atoms with Gasteiger partial charge in [-0.05, 0) is 12.8 Å². The lowest BCUT2D eigenvalue weighted by Gasteiger charge is -2.09. The standard InChI is InChI=1S/2C7H13NO2.H2O4S/c2*1-3-5-6(8)10-7(9)4-2;1-5(2,3)4/h2*4,6H,2-3,5,8H2,1H3;(H2,1,2,3,4). The van der Waals surface area contributed by atoms with Crippen molar-refractivity contribution in [2.45, 2.75) is 52.0 Å². The molecular weight excluding hydrogens is 356 g/mol. The summed E-state index contributed by atoms with van der Waals surface area (Å²) in [4.78, 5) is 21.0. The molecule has 0 saturated carbocycles. The van der Waals surface area contributed by atoms with E-state index in [2.05, 4.69) is 22.6 Å². The number of carbonyl (C=O) groups is 2. The van der Waals surface area contributed by atoms with Crippen molar-refractivity contribution in [3.63, 3.8) is 0 Å². The SMILES string of the molecule is C=CC(=O)OC(N)CCC.C=CC(=O)OC(N)CCC.O=S(=O)(O)O. The van der Waals surface area contributed by atoms with Gasteiger partial charge in [-0.15, -0.1) is 0 Å². The molecule has 0 aliphatic carbocycles. The Balaban J connectivity index is -0.000000308. The fourth-order valence-electron chi connectivity index (χ4n) is 1.08. The van der Waals surface area contributed by atoms with E-state index in [9.17, 15) is 9.59 Å². The third-order valence-corrected chi connectivity index (χ3v) is 2.01. The lowest BCUT2D eigenvalue weighted by Crippen LogP contribution is -2.25. The summed E-state index contributed by atoms with van der Waals surface area (Å²) in [5.41, 5.74) is 10.7. The van der Waals surface area contributed by atoms with Crippen LogP contribution in [-0.4, -0.2) is 41.9 Å². The zero-order valence-corrected chi connectivity index (χ0v) is 15.3. The van der Waals surface area contributed by atoms with E-state index < -0.39 is 34.8 Å².